The van der Waals surface area contributed by atoms with E-state index in [0.717, 1.165) is 32.0 Å². The second kappa shape index (κ2) is 5.64. The molecule has 16 heavy (non-hydrogen) atoms. The number of nitrogens with two attached hydrogens (primary N) is 1. The molecule has 0 aromatic carbocycles. The van der Waals surface area contributed by atoms with Crippen molar-refractivity contribution in [3.05, 3.63) is 0 Å². The molecule has 1 rings (SSSR count). The van der Waals surface area contributed by atoms with Gasteiger partial charge in [0.1, 0.15) is 0 Å². The van der Waals surface area contributed by atoms with Crippen molar-refractivity contribution in [2.75, 3.05) is 26.7 Å². The van der Waals surface area contributed by atoms with Gasteiger partial charge in [0.15, 0.2) is 0 Å². The Hall–Kier alpha value is -0.610. The normalized spacial score (nSPS) is 22.9. The fraction of sp³-hybridized carbons (Fsp3) is 0.917. The topological polar surface area (TPSA) is 58.4 Å². The van der Waals surface area contributed by atoms with Crippen LogP contribution in [0.4, 0.5) is 0 Å². The van der Waals surface area contributed by atoms with E-state index in [0.29, 0.717) is 0 Å². The van der Waals surface area contributed by atoms with E-state index >= 15 is 0 Å². The molecule has 1 aliphatic rings. The second-order valence-corrected chi connectivity index (χ2v) is 5.22. The number of carbonyl (C=O) groups excluding carboxylic acids is 1. The number of amides is 1. The fourth-order valence-electron chi connectivity index (χ4n) is 2.04. The second-order valence-electron chi connectivity index (χ2n) is 5.22. The van der Waals surface area contributed by atoms with Crippen molar-refractivity contribution in [1.82, 2.24) is 10.2 Å². The Balaban J connectivity index is 2.36. The summed E-state index contributed by atoms with van der Waals surface area (Å²) in [5.41, 5.74) is 4.83. The summed E-state index contributed by atoms with van der Waals surface area (Å²) < 4.78 is 0. The molecule has 1 amide bonds. The first-order valence-corrected chi connectivity index (χ1v) is 6.19. The minimum Gasteiger partial charge on any atom is -0.368 e. The van der Waals surface area contributed by atoms with Crippen molar-refractivity contribution in [2.45, 2.75) is 38.6 Å². The van der Waals surface area contributed by atoms with Crippen LogP contribution in [0.2, 0.25) is 0 Å². The Kier molecular flexibility index (Phi) is 4.74. The number of nitrogens with zero attached hydrogens (tertiary/aromatic N) is 1. The van der Waals surface area contributed by atoms with E-state index in [1.165, 1.54) is 12.8 Å². The fourth-order valence-corrected chi connectivity index (χ4v) is 2.04. The molecular formula is C12H25N3O. The Morgan fingerprint density at radius 2 is 2.06 bits per heavy atom. The molecule has 0 bridgehead atoms. The predicted molar refractivity (Wildman–Crippen MR) is 66.1 cm³/mol. The molecule has 1 saturated heterocycles. The minimum absolute atomic E-state index is 0.264. The Morgan fingerprint density at radius 1 is 1.50 bits per heavy atom. The van der Waals surface area contributed by atoms with Gasteiger partial charge < -0.3 is 16.0 Å². The number of nitrogens with one attached hydrogen (secondary N) is 1. The van der Waals surface area contributed by atoms with E-state index in [1.807, 2.05) is 6.92 Å². The van der Waals surface area contributed by atoms with E-state index in [2.05, 4.69) is 17.1 Å². The molecular weight excluding hydrogens is 202 g/mol. The van der Waals surface area contributed by atoms with Gasteiger partial charge in [0.25, 0.3) is 0 Å². The summed E-state index contributed by atoms with van der Waals surface area (Å²) in [6, 6.07) is 0. The average Bonchev–Trinajstić information content (AvgIpc) is 2.27. The van der Waals surface area contributed by atoms with Gasteiger partial charge in [-0.05, 0) is 52.2 Å². The van der Waals surface area contributed by atoms with Crippen LogP contribution in [-0.4, -0.2) is 43.0 Å². The lowest BCUT2D eigenvalue weighted by molar-refractivity contribution is -0.124. The summed E-state index contributed by atoms with van der Waals surface area (Å²) in [5.74, 6) is 0.587. The number of piperidine rings is 1. The number of carbonyl (C=O) groups is 1. The van der Waals surface area contributed by atoms with Gasteiger partial charge in [0.05, 0.1) is 5.54 Å². The smallest absolute Gasteiger partial charge is 0.237 e. The Labute approximate surface area is 98.6 Å². The summed E-state index contributed by atoms with van der Waals surface area (Å²) in [4.78, 5) is 13.7. The highest BCUT2D eigenvalue weighted by Gasteiger charge is 2.29. The van der Waals surface area contributed by atoms with Gasteiger partial charge in [-0.1, -0.05) is 6.92 Å². The van der Waals surface area contributed by atoms with Crippen molar-refractivity contribution in [2.24, 2.45) is 11.7 Å². The van der Waals surface area contributed by atoms with Gasteiger partial charge in [-0.15, -0.1) is 0 Å². The van der Waals surface area contributed by atoms with Crippen LogP contribution in [0.15, 0.2) is 0 Å². The highest BCUT2D eigenvalue weighted by molar-refractivity contribution is 5.84. The van der Waals surface area contributed by atoms with Crippen LogP contribution in [0.25, 0.3) is 0 Å². The summed E-state index contributed by atoms with van der Waals surface area (Å²) in [7, 11) is 1.79. The third-order valence-electron chi connectivity index (χ3n) is 3.90. The van der Waals surface area contributed by atoms with E-state index in [-0.39, 0.29) is 5.91 Å². The van der Waals surface area contributed by atoms with E-state index in [4.69, 9.17) is 5.73 Å². The van der Waals surface area contributed by atoms with Gasteiger partial charge in [-0.25, -0.2) is 0 Å². The van der Waals surface area contributed by atoms with Crippen molar-refractivity contribution >= 4 is 5.91 Å². The van der Waals surface area contributed by atoms with Crippen LogP contribution >= 0.6 is 0 Å². The molecule has 1 atom stereocenters. The molecule has 3 N–H and O–H groups in total. The largest absolute Gasteiger partial charge is 0.368 e. The van der Waals surface area contributed by atoms with Crippen LogP contribution in [-0.2, 0) is 4.79 Å². The highest BCUT2D eigenvalue weighted by atomic mass is 16.1. The van der Waals surface area contributed by atoms with Crippen molar-refractivity contribution in [3.63, 3.8) is 0 Å². The van der Waals surface area contributed by atoms with E-state index < -0.39 is 5.54 Å². The number of primary amides is 1. The lowest BCUT2D eigenvalue weighted by Gasteiger charge is -2.33. The monoisotopic (exact) mass is 227 g/mol. The summed E-state index contributed by atoms with van der Waals surface area (Å²) in [6.07, 6.45) is 3.33. The van der Waals surface area contributed by atoms with Crippen LogP contribution < -0.4 is 11.1 Å². The molecule has 0 spiro atoms. The van der Waals surface area contributed by atoms with Gasteiger partial charge in [-0.2, -0.15) is 0 Å². The first kappa shape index (κ1) is 13.5. The molecule has 0 radical (unpaired) electrons. The van der Waals surface area contributed by atoms with Gasteiger partial charge in [0, 0.05) is 6.54 Å². The van der Waals surface area contributed by atoms with Crippen LogP contribution in [0, 0.1) is 5.92 Å². The summed E-state index contributed by atoms with van der Waals surface area (Å²) >= 11 is 0. The zero-order chi connectivity index (χ0) is 12.2. The predicted octanol–water partition coefficient (Wildman–Crippen LogP) is 0.572. The maximum absolute atomic E-state index is 11.3. The number of likely N-dealkylation sites (tertiary alicyclic amines) is 1. The molecule has 1 unspecified atom stereocenters. The third-order valence-corrected chi connectivity index (χ3v) is 3.90. The van der Waals surface area contributed by atoms with Gasteiger partial charge in [-0.3, -0.25) is 4.79 Å². The molecule has 4 nitrogen and oxygen atoms in total. The first-order valence-electron chi connectivity index (χ1n) is 6.19. The summed E-state index contributed by atoms with van der Waals surface area (Å²) in [5, 5.41) is 3.03. The zero-order valence-electron chi connectivity index (χ0n) is 10.8. The number of hydrogen-bond acceptors (Lipinski definition) is 3. The van der Waals surface area contributed by atoms with Gasteiger partial charge in [0.2, 0.25) is 5.91 Å². The number of rotatable bonds is 5. The maximum atomic E-state index is 11.3. The Morgan fingerprint density at radius 3 is 2.50 bits per heavy atom. The van der Waals surface area contributed by atoms with Gasteiger partial charge >= 0.3 is 0 Å². The molecule has 1 aliphatic heterocycles. The van der Waals surface area contributed by atoms with Crippen molar-refractivity contribution < 1.29 is 4.79 Å². The average molecular weight is 227 g/mol. The highest BCUT2D eigenvalue weighted by Crippen LogP contribution is 2.17. The lowest BCUT2D eigenvalue weighted by atomic mass is 9.95. The first-order chi connectivity index (χ1) is 7.48. The number of likely N-dealkylation sites (N-methyl/N-ethyl adjacent to an activating group) is 1. The quantitative estimate of drug-likeness (QED) is 0.722. The van der Waals surface area contributed by atoms with Crippen LogP contribution in [0.1, 0.15) is 33.1 Å². The minimum atomic E-state index is -0.566. The van der Waals surface area contributed by atoms with Crippen molar-refractivity contribution in [3.8, 4) is 0 Å². The lowest BCUT2D eigenvalue weighted by Crippen LogP contribution is -2.53. The Bertz CT molecular complexity index is 236. The molecule has 1 heterocycles. The van der Waals surface area contributed by atoms with E-state index in [9.17, 15) is 4.79 Å². The molecule has 0 aromatic heterocycles. The standard InChI is InChI=1S/C12H25N3O/c1-10-4-7-15(8-5-10)9-6-12(2,14-3)11(13)16/h10,14H,4-9H2,1-3H3,(H2,13,16). The molecule has 94 valence electrons. The molecule has 1 fully saturated rings. The number of hydrogen-bond donors (Lipinski definition) is 2. The molecule has 0 aromatic rings. The summed E-state index contributed by atoms with van der Waals surface area (Å²) in [6.45, 7) is 7.44. The van der Waals surface area contributed by atoms with Crippen molar-refractivity contribution in [1.29, 1.82) is 0 Å². The molecule has 4 heteroatoms. The van der Waals surface area contributed by atoms with Crippen LogP contribution in [0.5, 0.6) is 0 Å². The van der Waals surface area contributed by atoms with Crippen LogP contribution in [0.3, 0.4) is 0 Å². The third kappa shape index (κ3) is 3.46. The molecule has 0 saturated carbocycles. The van der Waals surface area contributed by atoms with E-state index in [1.54, 1.807) is 7.05 Å². The zero-order valence-corrected chi connectivity index (χ0v) is 10.8. The maximum Gasteiger partial charge on any atom is 0.237 e. The SMILES string of the molecule is CNC(C)(CCN1CCC(C)CC1)C(N)=O. The molecule has 0 aliphatic carbocycles.